The SMILES string of the molecule is Cc1nc(N)cc2c3c(F)cccc3n(C)c12. The van der Waals surface area contributed by atoms with E-state index in [2.05, 4.69) is 4.98 Å². The molecule has 0 aliphatic rings. The van der Waals surface area contributed by atoms with Gasteiger partial charge in [-0.1, -0.05) is 6.07 Å². The number of fused-ring (bicyclic) bond motifs is 3. The lowest BCUT2D eigenvalue weighted by molar-refractivity contribution is 0.640. The summed E-state index contributed by atoms with van der Waals surface area (Å²) in [5.41, 5.74) is 8.34. The molecule has 17 heavy (non-hydrogen) atoms. The van der Waals surface area contributed by atoms with E-state index in [0.29, 0.717) is 11.2 Å². The Morgan fingerprint density at radius 1 is 1.35 bits per heavy atom. The molecule has 0 aliphatic heterocycles. The smallest absolute Gasteiger partial charge is 0.133 e. The van der Waals surface area contributed by atoms with Crippen LogP contribution in [0.25, 0.3) is 21.8 Å². The minimum atomic E-state index is -0.224. The zero-order chi connectivity index (χ0) is 12.2. The van der Waals surface area contributed by atoms with Crippen LogP contribution in [-0.2, 0) is 7.05 Å². The first kappa shape index (κ1) is 10.1. The molecule has 0 aliphatic carbocycles. The quantitative estimate of drug-likeness (QED) is 0.644. The molecule has 0 atom stereocenters. The summed E-state index contributed by atoms with van der Waals surface area (Å²) in [4.78, 5) is 4.22. The highest BCUT2D eigenvalue weighted by molar-refractivity contribution is 6.09. The van der Waals surface area contributed by atoms with Gasteiger partial charge in [0, 0.05) is 17.8 Å². The lowest BCUT2D eigenvalue weighted by atomic mass is 10.1. The minimum Gasteiger partial charge on any atom is -0.384 e. The number of benzene rings is 1. The van der Waals surface area contributed by atoms with Crippen LogP contribution in [0.15, 0.2) is 24.3 Å². The second kappa shape index (κ2) is 3.20. The van der Waals surface area contributed by atoms with Gasteiger partial charge >= 0.3 is 0 Å². The van der Waals surface area contributed by atoms with Crippen LogP contribution in [0.3, 0.4) is 0 Å². The molecule has 1 aromatic carbocycles. The average molecular weight is 229 g/mol. The Morgan fingerprint density at radius 3 is 2.88 bits per heavy atom. The van der Waals surface area contributed by atoms with E-state index < -0.39 is 0 Å². The highest BCUT2D eigenvalue weighted by Gasteiger charge is 2.14. The average Bonchev–Trinajstić information content (AvgIpc) is 2.54. The van der Waals surface area contributed by atoms with Crippen LogP contribution >= 0.6 is 0 Å². The maximum absolute atomic E-state index is 13.9. The van der Waals surface area contributed by atoms with Gasteiger partial charge in [0.15, 0.2) is 0 Å². The molecule has 4 heteroatoms. The van der Waals surface area contributed by atoms with E-state index in [1.807, 2.05) is 24.6 Å². The Balaban J connectivity index is 2.70. The molecule has 0 unspecified atom stereocenters. The number of hydrogen-bond donors (Lipinski definition) is 1. The minimum absolute atomic E-state index is 0.224. The molecule has 3 nitrogen and oxygen atoms in total. The predicted octanol–water partition coefficient (Wildman–Crippen LogP) is 2.76. The lowest BCUT2D eigenvalue weighted by Crippen LogP contribution is -1.95. The van der Waals surface area contributed by atoms with Crippen molar-refractivity contribution in [3.63, 3.8) is 0 Å². The Kier molecular flexibility index (Phi) is 1.90. The van der Waals surface area contributed by atoms with Crippen LogP contribution in [0.1, 0.15) is 5.69 Å². The van der Waals surface area contributed by atoms with E-state index >= 15 is 0 Å². The first-order chi connectivity index (χ1) is 8.09. The zero-order valence-electron chi connectivity index (χ0n) is 9.66. The Hall–Kier alpha value is -2.10. The van der Waals surface area contributed by atoms with E-state index in [9.17, 15) is 4.39 Å². The molecule has 3 aromatic rings. The third-order valence-electron chi connectivity index (χ3n) is 3.14. The van der Waals surface area contributed by atoms with Crippen molar-refractivity contribution in [2.75, 3.05) is 5.73 Å². The van der Waals surface area contributed by atoms with Crippen molar-refractivity contribution in [3.8, 4) is 0 Å². The number of nitrogens with zero attached hydrogens (tertiary/aromatic N) is 2. The van der Waals surface area contributed by atoms with Gasteiger partial charge in [-0.05, 0) is 25.1 Å². The number of hydrogen-bond acceptors (Lipinski definition) is 2. The molecular weight excluding hydrogens is 217 g/mol. The molecule has 0 fully saturated rings. The normalized spacial score (nSPS) is 11.5. The van der Waals surface area contributed by atoms with Gasteiger partial charge in [-0.3, -0.25) is 0 Å². The summed E-state index contributed by atoms with van der Waals surface area (Å²) in [6, 6.07) is 6.80. The lowest BCUT2D eigenvalue weighted by Gasteiger charge is -2.01. The number of halogens is 1. The van der Waals surface area contributed by atoms with Crippen molar-refractivity contribution in [1.82, 2.24) is 9.55 Å². The maximum Gasteiger partial charge on any atom is 0.133 e. The van der Waals surface area contributed by atoms with Gasteiger partial charge < -0.3 is 10.3 Å². The molecule has 2 aromatic heterocycles. The summed E-state index contributed by atoms with van der Waals surface area (Å²) >= 11 is 0. The van der Waals surface area contributed by atoms with Crippen molar-refractivity contribution in [1.29, 1.82) is 0 Å². The fourth-order valence-corrected chi connectivity index (χ4v) is 2.48. The molecule has 2 N–H and O–H groups in total. The fraction of sp³-hybridized carbons (Fsp3) is 0.154. The van der Waals surface area contributed by atoms with Crippen LogP contribution in [0.5, 0.6) is 0 Å². The Morgan fingerprint density at radius 2 is 2.12 bits per heavy atom. The van der Waals surface area contributed by atoms with Gasteiger partial charge in [0.05, 0.1) is 16.7 Å². The number of pyridine rings is 1. The molecule has 0 saturated heterocycles. The molecule has 3 rings (SSSR count). The number of nitrogen functional groups attached to an aromatic ring is 1. The van der Waals surface area contributed by atoms with E-state index in [4.69, 9.17) is 5.73 Å². The van der Waals surface area contributed by atoms with Crippen LogP contribution in [0.2, 0.25) is 0 Å². The maximum atomic E-state index is 13.9. The molecule has 86 valence electrons. The molecule has 2 heterocycles. The molecule has 0 radical (unpaired) electrons. The number of nitrogens with two attached hydrogens (primary N) is 1. The summed E-state index contributed by atoms with van der Waals surface area (Å²) in [5.74, 6) is 0.198. The molecule has 0 spiro atoms. The van der Waals surface area contributed by atoms with Crippen molar-refractivity contribution in [3.05, 3.63) is 35.8 Å². The van der Waals surface area contributed by atoms with Crippen molar-refractivity contribution in [2.24, 2.45) is 7.05 Å². The topological polar surface area (TPSA) is 43.8 Å². The van der Waals surface area contributed by atoms with Crippen LogP contribution in [0.4, 0.5) is 10.2 Å². The first-order valence-corrected chi connectivity index (χ1v) is 5.39. The summed E-state index contributed by atoms with van der Waals surface area (Å²) in [5, 5.41) is 1.44. The van der Waals surface area contributed by atoms with E-state index in [1.54, 1.807) is 12.1 Å². The van der Waals surface area contributed by atoms with Crippen LogP contribution in [-0.4, -0.2) is 9.55 Å². The fourth-order valence-electron chi connectivity index (χ4n) is 2.48. The summed E-state index contributed by atoms with van der Waals surface area (Å²) in [6.45, 7) is 1.88. The van der Waals surface area contributed by atoms with Gasteiger partial charge in [-0.2, -0.15) is 0 Å². The van der Waals surface area contributed by atoms with Crippen LogP contribution in [0, 0.1) is 12.7 Å². The number of aryl methyl sites for hydroxylation is 2. The van der Waals surface area contributed by atoms with Crippen molar-refractivity contribution in [2.45, 2.75) is 6.92 Å². The Labute approximate surface area is 97.7 Å². The number of rotatable bonds is 0. The summed E-state index contributed by atoms with van der Waals surface area (Å²) < 4.78 is 15.9. The van der Waals surface area contributed by atoms with E-state index in [1.165, 1.54) is 6.07 Å². The number of aromatic nitrogens is 2. The van der Waals surface area contributed by atoms with Crippen molar-refractivity contribution >= 4 is 27.6 Å². The van der Waals surface area contributed by atoms with Gasteiger partial charge in [-0.25, -0.2) is 9.37 Å². The van der Waals surface area contributed by atoms with Gasteiger partial charge in [0.2, 0.25) is 0 Å². The second-order valence-corrected chi connectivity index (χ2v) is 4.22. The summed E-state index contributed by atoms with van der Waals surface area (Å²) in [7, 11) is 1.91. The van der Waals surface area contributed by atoms with E-state index in [-0.39, 0.29) is 5.82 Å². The summed E-state index contributed by atoms with van der Waals surface area (Å²) in [6.07, 6.45) is 0. The predicted molar refractivity (Wildman–Crippen MR) is 67.3 cm³/mol. The van der Waals surface area contributed by atoms with Gasteiger partial charge in [0.25, 0.3) is 0 Å². The highest BCUT2D eigenvalue weighted by Crippen LogP contribution is 2.32. The third kappa shape index (κ3) is 1.24. The largest absolute Gasteiger partial charge is 0.384 e. The standard InChI is InChI=1S/C13H12FN3/c1-7-13-8(6-11(15)16-7)12-9(14)4-3-5-10(12)17(13)2/h3-6H,1-2H3,(H2,15,16). The molecule has 0 saturated carbocycles. The van der Waals surface area contributed by atoms with E-state index in [0.717, 1.165) is 22.1 Å². The Bertz CT molecular complexity index is 743. The zero-order valence-corrected chi connectivity index (χ0v) is 9.66. The monoisotopic (exact) mass is 229 g/mol. The third-order valence-corrected chi connectivity index (χ3v) is 3.14. The first-order valence-electron chi connectivity index (χ1n) is 5.39. The highest BCUT2D eigenvalue weighted by atomic mass is 19.1. The van der Waals surface area contributed by atoms with Crippen molar-refractivity contribution < 1.29 is 4.39 Å². The van der Waals surface area contributed by atoms with Gasteiger partial charge in [-0.15, -0.1) is 0 Å². The molecular formula is C13H12FN3. The number of anilines is 1. The molecule has 0 bridgehead atoms. The van der Waals surface area contributed by atoms with Gasteiger partial charge in [0.1, 0.15) is 11.6 Å². The second-order valence-electron chi connectivity index (χ2n) is 4.22. The van der Waals surface area contributed by atoms with Crippen LogP contribution < -0.4 is 5.73 Å². The molecule has 0 amide bonds.